The summed E-state index contributed by atoms with van der Waals surface area (Å²) in [5, 5.41) is 13.3. The van der Waals surface area contributed by atoms with E-state index in [0.29, 0.717) is 6.54 Å². The standard InChI is InChI=1S/C16H19N3O/c1-13(4-5-14-3-2-8-18-11-14)19-12-16(20)15-6-9-17-10-7-15/h2-11,13,16,19-20H,12H2,1H3/b5-4+. The molecule has 20 heavy (non-hydrogen) atoms. The first-order valence-corrected chi connectivity index (χ1v) is 6.65. The average molecular weight is 269 g/mol. The van der Waals surface area contributed by atoms with E-state index in [2.05, 4.69) is 21.4 Å². The molecule has 2 heterocycles. The van der Waals surface area contributed by atoms with E-state index in [1.165, 1.54) is 0 Å². The lowest BCUT2D eigenvalue weighted by atomic mass is 10.1. The zero-order chi connectivity index (χ0) is 14.2. The van der Waals surface area contributed by atoms with Crippen molar-refractivity contribution in [1.82, 2.24) is 15.3 Å². The van der Waals surface area contributed by atoms with Gasteiger partial charge >= 0.3 is 0 Å². The molecule has 4 nitrogen and oxygen atoms in total. The molecule has 0 aliphatic rings. The van der Waals surface area contributed by atoms with Crippen LogP contribution in [0, 0.1) is 0 Å². The van der Waals surface area contributed by atoms with E-state index in [1.54, 1.807) is 18.6 Å². The molecule has 2 aromatic rings. The number of hydrogen-bond acceptors (Lipinski definition) is 4. The zero-order valence-electron chi connectivity index (χ0n) is 11.5. The van der Waals surface area contributed by atoms with Gasteiger partial charge in [0.15, 0.2) is 0 Å². The molecule has 0 fully saturated rings. The number of aliphatic hydroxyl groups excluding tert-OH is 1. The molecule has 0 aliphatic heterocycles. The summed E-state index contributed by atoms with van der Waals surface area (Å²) >= 11 is 0. The maximum Gasteiger partial charge on any atom is 0.0915 e. The number of hydrogen-bond donors (Lipinski definition) is 2. The first kappa shape index (κ1) is 14.4. The molecular weight excluding hydrogens is 250 g/mol. The lowest BCUT2D eigenvalue weighted by Crippen LogP contribution is -2.28. The Labute approximate surface area is 119 Å². The molecule has 2 atom stereocenters. The highest BCUT2D eigenvalue weighted by atomic mass is 16.3. The normalized spacial score (nSPS) is 14.3. The summed E-state index contributed by atoms with van der Waals surface area (Å²) in [5.74, 6) is 0. The van der Waals surface area contributed by atoms with Crippen molar-refractivity contribution >= 4 is 6.08 Å². The molecule has 2 aromatic heterocycles. The third-order valence-corrected chi connectivity index (χ3v) is 2.99. The lowest BCUT2D eigenvalue weighted by Gasteiger charge is -2.14. The molecule has 0 saturated heterocycles. The fraction of sp³-hybridized carbons (Fsp3) is 0.250. The Morgan fingerprint density at radius 3 is 2.70 bits per heavy atom. The van der Waals surface area contributed by atoms with Crippen LogP contribution in [0.3, 0.4) is 0 Å². The summed E-state index contributed by atoms with van der Waals surface area (Å²) in [6.45, 7) is 2.55. The Morgan fingerprint density at radius 1 is 1.20 bits per heavy atom. The van der Waals surface area contributed by atoms with Crippen LogP contribution in [-0.4, -0.2) is 27.7 Å². The van der Waals surface area contributed by atoms with Gasteiger partial charge in [0, 0.05) is 37.4 Å². The van der Waals surface area contributed by atoms with E-state index < -0.39 is 6.10 Å². The van der Waals surface area contributed by atoms with Gasteiger partial charge in [0.2, 0.25) is 0 Å². The molecule has 104 valence electrons. The average Bonchev–Trinajstić information content (AvgIpc) is 2.52. The zero-order valence-corrected chi connectivity index (χ0v) is 11.5. The molecule has 4 heteroatoms. The van der Waals surface area contributed by atoms with Gasteiger partial charge in [0.05, 0.1) is 6.10 Å². The Hall–Kier alpha value is -2.04. The van der Waals surface area contributed by atoms with Crippen LogP contribution in [0.2, 0.25) is 0 Å². The molecule has 0 radical (unpaired) electrons. The van der Waals surface area contributed by atoms with Crippen LogP contribution in [0.15, 0.2) is 55.1 Å². The molecule has 0 spiro atoms. The van der Waals surface area contributed by atoms with E-state index in [-0.39, 0.29) is 6.04 Å². The maximum absolute atomic E-state index is 10.0. The second-order valence-electron chi connectivity index (χ2n) is 4.64. The predicted molar refractivity (Wildman–Crippen MR) is 79.9 cm³/mol. The molecular formula is C16H19N3O. The van der Waals surface area contributed by atoms with Gasteiger partial charge in [-0.3, -0.25) is 9.97 Å². The highest BCUT2D eigenvalue weighted by Crippen LogP contribution is 2.10. The summed E-state index contributed by atoms with van der Waals surface area (Å²) < 4.78 is 0. The van der Waals surface area contributed by atoms with Crippen LogP contribution in [-0.2, 0) is 0 Å². The third-order valence-electron chi connectivity index (χ3n) is 2.99. The van der Waals surface area contributed by atoms with Crippen molar-refractivity contribution in [2.75, 3.05) is 6.54 Å². The van der Waals surface area contributed by atoms with Gasteiger partial charge < -0.3 is 10.4 Å². The SMILES string of the molecule is CC(/C=C/c1cccnc1)NCC(O)c1ccncc1. The van der Waals surface area contributed by atoms with Crippen LogP contribution >= 0.6 is 0 Å². The van der Waals surface area contributed by atoms with Gasteiger partial charge in [0.1, 0.15) is 0 Å². The van der Waals surface area contributed by atoms with Crippen LogP contribution < -0.4 is 5.32 Å². The predicted octanol–water partition coefficient (Wildman–Crippen LogP) is 2.20. The monoisotopic (exact) mass is 269 g/mol. The van der Waals surface area contributed by atoms with Gasteiger partial charge in [-0.1, -0.05) is 18.2 Å². The van der Waals surface area contributed by atoms with Crippen molar-refractivity contribution < 1.29 is 5.11 Å². The number of pyridine rings is 2. The molecule has 0 amide bonds. The third kappa shape index (κ3) is 4.57. The smallest absolute Gasteiger partial charge is 0.0915 e. The largest absolute Gasteiger partial charge is 0.387 e. The Kier molecular flexibility index (Phi) is 5.41. The van der Waals surface area contributed by atoms with Crippen molar-refractivity contribution in [2.45, 2.75) is 19.1 Å². The molecule has 2 rings (SSSR count). The fourth-order valence-electron chi connectivity index (χ4n) is 1.80. The second-order valence-corrected chi connectivity index (χ2v) is 4.64. The maximum atomic E-state index is 10.0. The topological polar surface area (TPSA) is 58.0 Å². The Bertz CT molecular complexity index is 528. The first-order chi connectivity index (χ1) is 9.75. The molecule has 2 unspecified atom stereocenters. The van der Waals surface area contributed by atoms with Gasteiger partial charge in [-0.25, -0.2) is 0 Å². The molecule has 0 bridgehead atoms. The van der Waals surface area contributed by atoms with Crippen molar-refractivity contribution in [1.29, 1.82) is 0 Å². The van der Waals surface area contributed by atoms with Crippen LogP contribution in [0.4, 0.5) is 0 Å². The minimum absolute atomic E-state index is 0.173. The van der Waals surface area contributed by atoms with E-state index in [0.717, 1.165) is 11.1 Å². The number of rotatable bonds is 6. The van der Waals surface area contributed by atoms with Gasteiger partial charge in [-0.05, 0) is 36.2 Å². The minimum atomic E-state index is -0.521. The Balaban J connectivity index is 1.81. The molecule has 0 saturated carbocycles. The highest BCUT2D eigenvalue weighted by Gasteiger charge is 2.07. The van der Waals surface area contributed by atoms with Crippen molar-refractivity contribution in [3.8, 4) is 0 Å². The highest BCUT2D eigenvalue weighted by molar-refractivity contribution is 5.48. The number of nitrogens with zero attached hydrogens (tertiary/aromatic N) is 2. The van der Waals surface area contributed by atoms with E-state index in [1.807, 2.05) is 43.5 Å². The molecule has 0 aromatic carbocycles. The van der Waals surface area contributed by atoms with Gasteiger partial charge in [-0.15, -0.1) is 0 Å². The summed E-state index contributed by atoms with van der Waals surface area (Å²) in [7, 11) is 0. The van der Waals surface area contributed by atoms with E-state index in [4.69, 9.17) is 0 Å². The lowest BCUT2D eigenvalue weighted by molar-refractivity contribution is 0.173. The van der Waals surface area contributed by atoms with E-state index in [9.17, 15) is 5.11 Å². The number of nitrogens with one attached hydrogen (secondary N) is 1. The van der Waals surface area contributed by atoms with Crippen molar-refractivity contribution in [3.05, 3.63) is 66.3 Å². The van der Waals surface area contributed by atoms with Gasteiger partial charge in [-0.2, -0.15) is 0 Å². The minimum Gasteiger partial charge on any atom is -0.387 e. The molecule has 0 aliphatic carbocycles. The Morgan fingerprint density at radius 2 is 2.00 bits per heavy atom. The summed E-state index contributed by atoms with van der Waals surface area (Å²) in [6, 6.07) is 7.73. The van der Waals surface area contributed by atoms with Gasteiger partial charge in [0.25, 0.3) is 0 Å². The van der Waals surface area contributed by atoms with Crippen molar-refractivity contribution in [3.63, 3.8) is 0 Å². The van der Waals surface area contributed by atoms with Crippen LogP contribution in [0.5, 0.6) is 0 Å². The number of aliphatic hydroxyl groups is 1. The quantitative estimate of drug-likeness (QED) is 0.844. The second kappa shape index (κ2) is 7.53. The van der Waals surface area contributed by atoms with E-state index >= 15 is 0 Å². The van der Waals surface area contributed by atoms with Crippen LogP contribution in [0.1, 0.15) is 24.2 Å². The summed E-state index contributed by atoms with van der Waals surface area (Å²) in [4.78, 5) is 8.00. The van der Waals surface area contributed by atoms with Crippen molar-refractivity contribution in [2.24, 2.45) is 0 Å². The summed E-state index contributed by atoms with van der Waals surface area (Å²) in [5.41, 5.74) is 1.94. The van der Waals surface area contributed by atoms with Crippen LogP contribution in [0.25, 0.3) is 6.08 Å². The summed E-state index contributed by atoms with van der Waals surface area (Å²) in [6.07, 6.45) is 10.5. The fourth-order valence-corrected chi connectivity index (χ4v) is 1.80. The molecule has 2 N–H and O–H groups in total. The first-order valence-electron chi connectivity index (χ1n) is 6.65. The number of aromatic nitrogens is 2.